The first-order chi connectivity index (χ1) is 14.0. The van der Waals surface area contributed by atoms with E-state index in [4.69, 9.17) is 0 Å². The Morgan fingerprint density at radius 2 is 1.72 bits per heavy atom. The van der Waals surface area contributed by atoms with Crippen LogP contribution >= 0.6 is 0 Å². The average molecular weight is 393 g/mol. The van der Waals surface area contributed by atoms with Crippen molar-refractivity contribution in [3.05, 3.63) is 59.9 Å². The predicted octanol–water partition coefficient (Wildman–Crippen LogP) is 3.68. The van der Waals surface area contributed by atoms with Crippen molar-refractivity contribution in [3.63, 3.8) is 0 Å². The maximum atomic E-state index is 12.4. The number of carbonyl (C=O) groups is 2. The molecule has 0 radical (unpaired) electrons. The van der Waals surface area contributed by atoms with Gasteiger partial charge in [-0.05, 0) is 35.7 Å². The van der Waals surface area contributed by atoms with Crippen molar-refractivity contribution in [3.8, 4) is 0 Å². The summed E-state index contributed by atoms with van der Waals surface area (Å²) in [5.41, 5.74) is 3.21. The molecule has 6 nitrogen and oxygen atoms in total. The van der Waals surface area contributed by atoms with Crippen molar-refractivity contribution in [2.45, 2.75) is 32.1 Å². The lowest BCUT2D eigenvalue weighted by Gasteiger charge is -2.39. The number of urea groups is 1. The molecule has 2 fully saturated rings. The molecule has 29 heavy (non-hydrogen) atoms. The average Bonchev–Trinajstić information content (AvgIpc) is 3.17. The Kier molecular flexibility index (Phi) is 5.51. The van der Waals surface area contributed by atoms with Gasteiger partial charge in [0.15, 0.2) is 0 Å². The molecule has 1 unspecified atom stereocenters. The predicted molar refractivity (Wildman–Crippen MR) is 113 cm³/mol. The Bertz CT molecular complexity index is 860. The van der Waals surface area contributed by atoms with Crippen LogP contribution in [0.3, 0.4) is 0 Å². The molecule has 1 N–H and O–H groups in total. The maximum absolute atomic E-state index is 12.4. The van der Waals surface area contributed by atoms with Crippen LogP contribution in [0.2, 0.25) is 0 Å². The molecule has 3 heterocycles. The minimum Gasteiger partial charge on any atom is -0.342 e. The van der Waals surface area contributed by atoms with Crippen LogP contribution in [-0.2, 0) is 4.79 Å². The van der Waals surface area contributed by atoms with Crippen LogP contribution in [0.15, 0.2) is 48.8 Å². The molecule has 4 rings (SSSR count). The summed E-state index contributed by atoms with van der Waals surface area (Å²) in [5, 5.41) is 2.98. The topological polar surface area (TPSA) is 65.5 Å². The number of nitrogens with one attached hydrogen (secondary N) is 1. The van der Waals surface area contributed by atoms with Gasteiger partial charge in [-0.3, -0.25) is 9.78 Å². The fraction of sp³-hybridized carbons (Fsp3) is 0.435. The molecule has 2 saturated heterocycles. The van der Waals surface area contributed by atoms with Gasteiger partial charge in [0.25, 0.3) is 0 Å². The summed E-state index contributed by atoms with van der Waals surface area (Å²) in [5.74, 6) is 1.02. The SMILES string of the molecule is CC(C)C(=O)N1CCC(c2ccc(NC(=O)N3CC(c4cccnc4)C3)cc2)C1. The highest BCUT2D eigenvalue weighted by Gasteiger charge is 2.32. The van der Waals surface area contributed by atoms with E-state index in [2.05, 4.69) is 28.5 Å². The molecule has 1 atom stereocenters. The number of anilines is 1. The number of carbonyl (C=O) groups excluding carboxylic acids is 2. The minimum absolute atomic E-state index is 0.0468. The first kappa shape index (κ1) is 19.4. The van der Waals surface area contributed by atoms with Crippen LogP contribution in [0.5, 0.6) is 0 Å². The Labute approximate surface area is 171 Å². The second kappa shape index (κ2) is 8.23. The summed E-state index contributed by atoms with van der Waals surface area (Å²) in [6.07, 6.45) is 4.63. The number of nitrogens with zero attached hydrogens (tertiary/aromatic N) is 3. The smallest absolute Gasteiger partial charge is 0.321 e. The van der Waals surface area contributed by atoms with Gasteiger partial charge in [0, 0.05) is 62.0 Å². The van der Waals surface area contributed by atoms with Gasteiger partial charge in [0.05, 0.1) is 0 Å². The van der Waals surface area contributed by atoms with E-state index in [1.54, 1.807) is 6.20 Å². The number of amides is 3. The highest BCUT2D eigenvalue weighted by Crippen LogP contribution is 2.30. The van der Waals surface area contributed by atoms with E-state index in [9.17, 15) is 9.59 Å². The molecule has 152 valence electrons. The monoisotopic (exact) mass is 392 g/mol. The van der Waals surface area contributed by atoms with Crippen LogP contribution in [0.1, 0.15) is 43.2 Å². The van der Waals surface area contributed by atoms with Crippen molar-refractivity contribution in [1.82, 2.24) is 14.8 Å². The quantitative estimate of drug-likeness (QED) is 0.863. The number of aromatic nitrogens is 1. The Morgan fingerprint density at radius 1 is 1.00 bits per heavy atom. The summed E-state index contributed by atoms with van der Waals surface area (Å²) in [6.45, 7) is 6.95. The highest BCUT2D eigenvalue weighted by molar-refractivity contribution is 5.90. The zero-order valence-electron chi connectivity index (χ0n) is 17.0. The van der Waals surface area contributed by atoms with Crippen molar-refractivity contribution >= 4 is 17.6 Å². The van der Waals surface area contributed by atoms with Crippen molar-refractivity contribution in [1.29, 1.82) is 0 Å². The van der Waals surface area contributed by atoms with Gasteiger partial charge in [-0.25, -0.2) is 4.79 Å². The van der Waals surface area contributed by atoms with E-state index in [1.165, 1.54) is 11.1 Å². The molecule has 2 aliphatic rings. The molecule has 1 aromatic heterocycles. The Balaban J connectivity index is 1.28. The minimum atomic E-state index is -0.0625. The van der Waals surface area contributed by atoms with Crippen LogP contribution in [0.4, 0.5) is 10.5 Å². The van der Waals surface area contributed by atoms with E-state index in [1.807, 2.05) is 48.0 Å². The van der Waals surface area contributed by atoms with Crippen LogP contribution in [0, 0.1) is 5.92 Å². The van der Waals surface area contributed by atoms with Crippen LogP contribution in [0.25, 0.3) is 0 Å². The molecule has 2 aromatic rings. The van der Waals surface area contributed by atoms with Gasteiger partial charge in [-0.2, -0.15) is 0 Å². The van der Waals surface area contributed by atoms with Gasteiger partial charge in [-0.1, -0.05) is 32.0 Å². The Morgan fingerprint density at radius 3 is 2.38 bits per heavy atom. The lowest BCUT2D eigenvalue weighted by molar-refractivity contribution is -0.133. The van der Waals surface area contributed by atoms with E-state index in [-0.39, 0.29) is 17.9 Å². The van der Waals surface area contributed by atoms with Crippen molar-refractivity contribution in [2.24, 2.45) is 5.92 Å². The number of rotatable bonds is 4. The van der Waals surface area contributed by atoms with Gasteiger partial charge < -0.3 is 15.1 Å². The van der Waals surface area contributed by atoms with Gasteiger partial charge in [-0.15, -0.1) is 0 Å². The second-order valence-electron chi connectivity index (χ2n) is 8.36. The summed E-state index contributed by atoms with van der Waals surface area (Å²) < 4.78 is 0. The van der Waals surface area contributed by atoms with Crippen LogP contribution in [-0.4, -0.2) is 52.9 Å². The van der Waals surface area contributed by atoms with E-state index in [0.29, 0.717) is 11.8 Å². The molecule has 0 spiro atoms. The summed E-state index contributed by atoms with van der Waals surface area (Å²) in [7, 11) is 0. The van der Waals surface area contributed by atoms with Crippen molar-refractivity contribution in [2.75, 3.05) is 31.5 Å². The van der Waals surface area contributed by atoms with E-state index >= 15 is 0 Å². The first-order valence-electron chi connectivity index (χ1n) is 10.4. The maximum Gasteiger partial charge on any atom is 0.321 e. The lowest BCUT2D eigenvalue weighted by atomic mass is 9.93. The van der Waals surface area contributed by atoms with E-state index < -0.39 is 0 Å². The number of pyridine rings is 1. The number of hydrogen-bond acceptors (Lipinski definition) is 3. The summed E-state index contributed by atoms with van der Waals surface area (Å²) in [6, 6.07) is 12.0. The largest absolute Gasteiger partial charge is 0.342 e. The van der Waals surface area contributed by atoms with Gasteiger partial charge in [0.1, 0.15) is 0 Å². The Hall–Kier alpha value is -2.89. The number of likely N-dealkylation sites (tertiary alicyclic amines) is 2. The second-order valence-corrected chi connectivity index (χ2v) is 8.36. The fourth-order valence-corrected chi connectivity index (χ4v) is 4.11. The van der Waals surface area contributed by atoms with Gasteiger partial charge >= 0.3 is 6.03 Å². The van der Waals surface area contributed by atoms with Crippen molar-refractivity contribution < 1.29 is 9.59 Å². The first-order valence-corrected chi connectivity index (χ1v) is 10.4. The number of hydrogen-bond donors (Lipinski definition) is 1. The summed E-state index contributed by atoms with van der Waals surface area (Å²) >= 11 is 0. The highest BCUT2D eigenvalue weighted by atomic mass is 16.2. The third-order valence-corrected chi connectivity index (χ3v) is 5.95. The molecular formula is C23H28N4O2. The molecule has 0 bridgehead atoms. The molecule has 6 heteroatoms. The molecular weight excluding hydrogens is 364 g/mol. The van der Waals surface area contributed by atoms with Crippen LogP contribution < -0.4 is 5.32 Å². The molecule has 0 aliphatic carbocycles. The normalized spacial score (nSPS) is 19.3. The molecule has 1 aromatic carbocycles. The molecule has 2 aliphatic heterocycles. The fourth-order valence-electron chi connectivity index (χ4n) is 4.11. The number of benzene rings is 1. The molecule has 0 saturated carbocycles. The third-order valence-electron chi connectivity index (χ3n) is 5.95. The zero-order chi connectivity index (χ0) is 20.4. The standard InChI is InChI=1S/C23H28N4O2/c1-16(2)22(28)26-11-9-19(13-26)17-5-7-21(8-6-17)25-23(29)27-14-20(15-27)18-4-3-10-24-12-18/h3-8,10,12,16,19-20H,9,11,13-15H2,1-2H3,(H,25,29). The third kappa shape index (κ3) is 4.26. The van der Waals surface area contributed by atoms with Gasteiger partial charge in [0.2, 0.25) is 5.91 Å². The lowest BCUT2D eigenvalue weighted by Crippen LogP contribution is -2.50. The molecule has 3 amide bonds. The van der Waals surface area contributed by atoms with E-state index in [0.717, 1.165) is 38.3 Å². The zero-order valence-corrected chi connectivity index (χ0v) is 17.0. The summed E-state index contributed by atoms with van der Waals surface area (Å²) in [4.78, 5) is 32.6.